The Balaban J connectivity index is 3.63. The van der Waals surface area contributed by atoms with E-state index < -0.39 is 5.97 Å². The lowest BCUT2D eigenvalue weighted by molar-refractivity contribution is -0.312. The third-order valence-corrected chi connectivity index (χ3v) is 3.34. The molecule has 0 aromatic heterocycles. The van der Waals surface area contributed by atoms with E-state index in [9.17, 15) is 14.7 Å². The van der Waals surface area contributed by atoms with Gasteiger partial charge >= 0.3 is 0 Å². The molecule has 0 spiro atoms. The van der Waals surface area contributed by atoms with Crippen molar-refractivity contribution in [3.05, 3.63) is 0 Å². The van der Waals surface area contributed by atoms with E-state index in [1.165, 1.54) is 32.6 Å². The van der Waals surface area contributed by atoms with Gasteiger partial charge in [-0.25, -0.2) is 0 Å². The summed E-state index contributed by atoms with van der Waals surface area (Å²) in [5.74, 6) is -1.38. The maximum atomic E-state index is 11.0. The quantitative estimate of drug-likeness (QED) is 0.552. The number of carboxylic acids is 1. The van der Waals surface area contributed by atoms with Crippen LogP contribution < -0.4 is 10.4 Å². The molecule has 4 heteroatoms. The van der Waals surface area contributed by atoms with Crippen LogP contribution in [-0.2, 0) is 9.59 Å². The average Bonchev–Trinajstić information content (AvgIpc) is 2.35. The van der Waals surface area contributed by atoms with E-state index >= 15 is 0 Å². The SMILES string of the molecule is CCCCCCCCC(CCCNC(C)=O)C(=O)[O-]. The lowest BCUT2D eigenvalue weighted by Gasteiger charge is -2.17. The third-order valence-electron chi connectivity index (χ3n) is 3.34. The second kappa shape index (κ2) is 12.0. The van der Waals surface area contributed by atoms with Gasteiger partial charge in [-0.05, 0) is 25.2 Å². The van der Waals surface area contributed by atoms with Crippen LogP contribution in [0.15, 0.2) is 0 Å². The largest absolute Gasteiger partial charge is 0.550 e. The number of hydrogen-bond acceptors (Lipinski definition) is 3. The number of nitrogens with one attached hydrogen (secondary N) is 1. The van der Waals surface area contributed by atoms with Gasteiger partial charge in [-0.2, -0.15) is 0 Å². The average molecular weight is 270 g/mol. The maximum Gasteiger partial charge on any atom is 0.216 e. The van der Waals surface area contributed by atoms with Gasteiger partial charge in [0.05, 0.1) is 0 Å². The predicted octanol–water partition coefficient (Wildman–Crippen LogP) is 2.02. The van der Waals surface area contributed by atoms with Gasteiger partial charge in [0.2, 0.25) is 5.91 Å². The van der Waals surface area contributed by atoms with E-state index in [-0.39, 0.29) is 11.8 Å². The van der Waals surface area contributed by atoms with Gasteiger partial charge < -0.3 is 15.2 Å². The van der Waals surface area contributed by atoms with Gasteiger partial charge in [-0.3, -0.25) is 4.79 Å². The number of carboxylic acid groups (broad SMARTS) is 1. The van der Waals surface area contributed by atoms with Crippen LogP contribution in [0, 0.1) is 5.92 Å². The van der Waals surface area contributed by atoms with Crippen molar-refractivity contribution in [1.82, 2.24) is 5.32 Å². The van der Waals surface area contributed by atoms with Crippen molar-refractivity contribution in [2.75, 3.05) is 6.54 Å². The summed E-state index contributed by atoms with van der Waals surface area (Å²) in [6.07, 6.45) is 9.00. The Morgan fingerprint density at radius 1 is 1.00 bits per heavy atom. The summed E-state index contributed by atoms with van der Waals surface area (Å²) < 4.78 is 0. The van der Waals surface area contributed by atoms with Crippen LogP contribution in [0.2, 0.25) is 0 Å². The first-order chi connectivity index (χ1) is 9.07. The van der Waals surface area contributed by atoms with Gasteiger partial charge in [0.1, 0.15) is 0 Å². The zero-order valence-corrected chi connectivity index (χ0v) is 12.4. The Hall–Kier alpha value is -1.06. The van der Waals surface area contributed by atoms with Crippen LogP contribution in [0.1, 0.15) is 71.6 Å². The number of carbonyl (C=O) groups excluding carboxylic acids is 2. The zero-order valence-electron chi connectivity index (χ0n) is 12.4. The Morgan fingerprint density at radius 2 is 1.58 bits per heavy atom. The summed E-state index contributed by atoms with van der Waals surface area (Å²) in [6, 6.07) is 0. The summed E-state index contributed by atoms with van der Waals surface area (Å²) in [5.41, 5.74) is 0. The highest BCUT2D eigenvalue weighted by Crippen LogP contribution is 2.16. The van der Waals surface area contributed by atoms with E-state index in [1.54, 1.807) is 0 Å². The van der Waals surface area contributed by atoms with Crippen LogP contribution in [-0.4, -0.2) is 18.4 Å². The number of carbonyl (C=O) groups is 2. The summed E-state index contributed by atoms with van der Waals surface area (Å²) in [5, 5.41) is 13.7. The molecule has 4 nitrogen and oxygen atoms in total. The highest BCUT2D eigenvalue weighted by Gasteiger charge is 2.09. The van der Waals surface area contributed by atoms with E-state index in [1.807, 2.05) is 0 Å². The highest BCUT2D eigenvalue weighted by atomic mass is 16.4. The fourth-order valence-electron chi connectivity index (χ4n) is 2.16. The van der Waals surface area contributed by atoms with Gasteiger partial charge in [0, 0.05) is 19.4 Å². The monoisotopic (exact) mass is 270 g/mol. The molecule has 0 aromatic rings. The van der Waals surface area contributed by atoms with Crippen LogP contribution >= 0.6 is 0 Å². The Bertz CT molecular complexity index is 254. The minimum absolute atomic E-state index is 0.0686. The minimum atomic E-state index is -0.948. The Kier molecular flexibility index (Phi) is 11.3. The Morgan fingerprint density at radius 3 is 2.16 bits per heavy atom. The summed E-state index contributed by atoms with van der Waals surface area (Å²) >= 11 is 0. The molecule has 0 aromatic carbocycles. The van der Waals surface area contributed by atoms with Gasteiger partial charge in [-0.15, -0.1) is 0 Å². The lowest BCUT2D eigenvalue weighted by atomic mass is 9.96. The summed E-state index contributed by atoms with van der Waals surface area (Å²) in [7, 11) is 0. The normalized spacial score (nSPS) is 12.1. The standard InChI is InChI=1S/C15H29NO3/c1-3-4-5-6-7-8-10-14(15(18)19)11-9-12-16-13(2)17/h14H,3-12H2,1-2H3,(H,16,17)(H,18,19)/p-1. The first-order valence-corrected chi connectivity index (χ1v) is 7.53. The van der Waals surface area contributed by atoms with E-state index in [4.69, 9.17) is 0 Å². The van der Waals surface area contributed by atoms with Crippen molar-refractivity contribution in [3.8, 4) is 0 Å². The fraction of sp³-hybridized carbons (Fsp3) is 0.867. The number of rotatable bonds is 12. The molecule has 0 aliphatic heterocycles. The zero-order chi connectivity index (χ0) is 14.5. The van der Waals surface area contributed by atoms with E-state index in [0.29, 0.717) is 25.8 Å². The second-order valence-electron chi connectivity index (χ2n) is 5.20. The molecule has 0 bridgehead atoms. The van der Waals surface area contributed by atoms with Crippen LogP contribution in [0.4, 0.5) is 0 Å². The molecule has 0 rings (SSSR count). The molecule has 1 N–H and O–H groups in total. The first-order valence-electron chi connectivity index (χ1n) is 7.53. The molecule has 1 atom stereocenters. The number of amides is 1. The van der Waals surface area contributed by atoms with Crippen molar-refractivity contribution in [3.63, 3.8) is 0 Å². The molecule has 0 saturated heterocycles. The third kappa shape index (κ3) is 11.7. The molecule has 0 fully saturated rings. The molecule has 0 radical (unpaired) electrons. The van der Waals surface area contributed by atoms with Crippen molar-refractivity contribution in [1.29, 1.82) is 0 Å². The molecule has 1 amide bonds. The molecule has 19 heavy (non-hydrogen) atoms. The van der Waals surface area contributed by atoms with Crippen molar-refractivity contribution in [2.24, 2.45) is 5.92 Å². The van der Waals surface area contributed by atoms with Gasteiger partial charge in [-0.1, -0.05) is 45.4 Å². The Labute approximate surface area is 117 Å². The van der Waals surface area contributed by atoms with Crippen LogP contribution in [0.5, 0.6) is 0 Å². The first kappa shape index (κ1) is 17.9. The minimum Gasteiger partial charge on any atom is -0.550 e. The number of aliphatic carboxylic acids is 1. The topological polar surface area (TPSA) is 69.2 Å². The van der Waals surface area contributed by atoms with Gasteiger partial charge in [0.25, 0.3) is 0 Å². The summed E-state index contributed by atoms with van der Waals surface area (Å²) in [6.45, 7) is 4.20. The van der Waals surface area contributed by atoms with Crippen LogP contribution in [0.25, 0.3) is 0 Å². The van der Waals surface area contributed by atoms with Crippen molar-refractivity contribution < 1.29 is 14.7 Å². The molecular weight excluding hydrogens is 242 g/mol. The van der Waals surface area contributed by atoms with Crippen LogP contribution in [0.3, 0.4) is 0 Å². The predicted molar refractivity (Wildman–Crippen MR) is 74.4 cm³/mol. The number of hydrogen-bond donors (Lipinski definition) is 1. The maximum absolute atomic E-state index is 11.0. The second-order valence-corrected chi connectivity index (χ2v) is 5.20. The van der Waals surface area contributed by atoms with Crippen molar-refractivity contribution in [2.45, 2.75) is 71.6 Å². The molecule has 0 saturated carbocycles. The summed E-state index contributed by atoms with van der Waals surface area (Å²) in [4.78, 5) is 21.7. The highest BCUT2D eigenvalue weighted by molar-refractivity contribution is 5.72. The molecule has 0 aliphatic rings. The molecule has 0 aliphatic carbocycles. The number of unbranched alkanes of at least 4 members (excludes halogenated alkanes) is 5. The molecule has 1 unspecified atom stereocenters. The van der Waals surface area contributed by atoms with E-state index in [0.717, 1.165) is 12.8 Å². The van der Waals surface area contributed by atoms with Gasteiger partial charge in [0.15, 0.2) is 0 Å². The molecular formula is C15H28NO3-. The lowest BCUT2D eigenvalue weighted by Crippen LogP contribution is -2.32. The molecule has 112 valence electrons. The van der Waals surface area contributed by atoms with E-state index in [2.05, 4.69) is 12.2 Å². The van der Waals surface area contributed by atoms with Crippen molar-refractivity contribution >= 4 is 11.9 Å². The fourth-order valence-corrected chi connectivity index (χ4v) is 2.16. The molecule has 0 heterocycles. The smallest absolute Gasteiger partial charge is 0.216 e.